The van der Waals surface area contributed by atoms with E-state index in [-0.39, 0.29) is 11.9 Å². The van der Waals surface area contributed by atoms with E-state index in [1.54, 1.807) is 13.2 Å². The first-order valence-corrected chi connectivity index (χ1v) is 6.08. The maximum absolute atomic E-state index is 12.9. The first-order chi connectivity index (χ1) is 8.04. The minimum absolute atomic E-state index is 0.265. The van der Waals surface area contributed by atoms with Crippen molar-refractivity contribution in [3.05, 3.63) is 34.6 Å². The van der Waals surface area contributed by atoms with E-state index in [9.17, 15) is 4.39 Å². The SMILES string of the molecule is COCC(NCc1ccc(F)cc1Cl)C(C)C. The number of nitrogens with one attached hydrogen (secondary N) is 1. The van der Waals surface area contributed by atoms with E-state index in [0.29, 0.717) is 24.1 Å². The van der Waals surface area contributed by atoms with E-state index in [2.05, 4.69) is 19.2 Å². The minimum atomic E-state index is -0.309. The lowest BCUT2D eigenvalue weighted by atomic mass is 10.0. The summed E-state index contributed by atoms with van der Waals surface area (Å²) in [6.07, 6.45) is 0. The lowest BCUT2D eigenvalue weighted by Crippen LogP contribution is -2.37. The largest absolute Gasteiger partial charge is 0.383 e. The normalized spacial score (nSPS) is 13.1. The van der Waals surface area contributed by atoms with Crippen molar-refractivity contribution in [3.8, 4) is 0 Å². The van der Waals surface area contributed by atoms with Gasteiger partial charge in [0.25, 0.3) is 0 Å². The number of methoxy groups -OCH3 is 1. The van der Waals surface area contributed by atoms with E-state index in [1.807, 2.05) is 0 Å². The van der Waals surface area contributed by atoms with Crippen molar-refractivity contribution in [2.24, 2.45) is 5.92 Å². The first kappa shape index (κ1) is 14.4. The van der Waals surface area contributed by atoms with Gasteiger partial charge in [0.05, 0.1) is 6.61 Å². The van der Waals surface area contributed by atoms with Crippen molar-refractivity contribution in [2.45, 2.75) is 26.4 Å². The number of ether oxygens (including phenoxy) is 1. The molecule has 0 aliphatic heterocycles. The van der Waals surface area contributed by atoms with Crippen molar-refractivity contribution in [3.63, 3.8) is 0 Å². The summed E-state index contributed by atoms with van der Waals surface area (Å²) in [7, 11) is 1.68. The van der Waals surface area contributed by atoms with Gasteiger partial charge >= 0.3 is 0 Å². The van der Waals surface area contributed by atoms with E-state index in [0.717, 1.165) is 5.56 Å². The molecule has 0 saturated carbocycles. The molecule has 0 aliphatic rings. The summed E-state index contributed by atoms with van der Waals surface area (Å²) in [5, 5.41) is 3.82. The molecule has 0 heterocycles. The van der Waals surface area contributed by atoms with E-state index in [1.165, 1.54) is 12.1 Å². The van der Waals surface area contributed by atoms with Gasteiger partial charge in [-0.1, -0.05) is 31.5 Å². The van der Waals surface area contributed by atoms with Gasteiger partial charge < -0.3 is 10.1 Å². The van der Waals surface area contributed by atoms with E-state index < -0.39 is 0 Å². The topological polar surface area (TPSA) is 21.3 Å². The zero-order valence-electron chi connectivity index (χ0n) is 10.5. The molecule has 0 aromatic heterocycles. The Morgan fingerprint density at radius 2 is 2.12 bits per heavy atom. The molecule has 1 N–H and O–H groups in total. The highest BCUT2D eigenvalue weighted by atomic mass is 35.5. The molecule has 2 nitrogen and oxygen atoms in total. The van der Waals surface area contributed by atoms with Gasteiger partial charge in [-0.2, -0.15) is 0 Å². The van der Waals surface area contributed by atoms with Crippen LogP contribution in [0.25, 0.3) is 0 Å². The average Bonchev–Trinajstić information content (AvgIpc) is 2.25. The highest BCUT2D eigenvalue weighted by Crippen LogP contribution is 2.17. The van der Waals surface area contributed by atoms with Crippen LogP contribution in [-0.2, 0) is 11.3 Å². The van der Waals surface area contributed by atoms with Crippen molar-refractivity contribution in [1.82, 2.24) is 5.32 Å². The maximum Gasteiger partial charge on any atom is 0.124 e. The second-order valence-electron chi connectivity index (χ2n) is 4.42. The van der Waals surface area contributed by atoms with Crippen LogP contribution < -0.4 is 5.32 Å². The van der Waals surface area contributed by atoms with Crippen LogP contribution in [-0.4, -0.2) is 19.8 Å². The van der Waals surface area contributed by atoms with Crippen molar-refractivity contribution in [2.75, 3.05) is 13.7 Å². The smallest absolute Gasteiger partial charge is 0.124 e. The summed E-state index contributed by atoms with van der Waals surface area (Å²) >= 11 is 5.96. The fraction of sp³-hybridized carbons (Fsp3) is 0.538. The molecule has 0 saturated heterocycles. The number of hydrogen-bond donors (Lipinski definition) is 1. The minimum Gasteiger partial charge on any atom is -0.383 e. The maximum atomic E-state index is 12.9. The lowest BCUT2D eigenvalue weighted by Gasteiger charge is -2.21. The summed E-state index contributed by atoms with van der Waals surface area (Å²) in [6, 6.07) is 4.72. The molecule has 4 heteroatoms. The van der Waals surface area contributed by atoms with Crippen LogP contribution in [0.2, 0.25) is 5.02 Å². The van der Waals surface area contributed by atoms with Gasteiger partial charge in [-0.25, -0.2) is 4.39 Å². The van der Waals surface area contributed by atoms with Crippen LogP contribution in [0.5, 0.6) is 0 Å². The number of rotatable bonds is 6. The molecule has 0 fully saturated rings. The van der Waals surface area contributed by atoms with Crippen LogP contribution in [0.15, 0.2) is 18.2 Å². The first-order valence-electron chi connectivity index (χ1n) is 5.70. The molecule has 1 aromatic rings. The van der Waals surface area contributed by atoms with Gasteiger partial charge in [0, 0.05) is 24.7 Å². The Balaban J connectivity index is 2.59. The second kappa shape index (κ2) is 6.94. The molecule has 0 radical (unpaired) electrons. The molecule has 0 amide bonds. The zero-order chi connectivity index (χ0) is 12.8. The predicted octanol–water partition coefficient (Wildman–Crippen LogP) is 3.24. The predicted molar refractivity (Wildman–Crippen MR) is 68.8 cm³/mol. The van der Waals surface area contributed by atoms with Crippen molar-refractivity contribution in [1.29, 1.82) is 0 Å². The number of benzene rings is 1. The Labute approximate surface area is 107 Å². The lowest BCUT2D eigenvalue weighted by molar-refractivity contribution is 0.146. The quantitative estimate of drug-likeness (QED) is 0.847. The zero-order valence-corrected chi connectivity index (χ0v) is 11.2. The molecule has 1 unspecified atom stereocenters. The Morgan fingerprint density at radius 3 is 2.65 bits per heavy atom. The third-order valence-electron chi connectivity index (χ3n) is 2.72. The standard InChI is InChI=1S/C13H19ClFNO/c1-9(2)13(8-17-3)16-7-10-4-5-11(15)6-12(10)14/h4-6,9,13,16H,7-8H2,1-3H3. The third kappa shape index (κ3) is 4.62. The van der Waals surface area contributed by atoms with Crippen LogP contribution >= 0.6 is 11.6 Å². The molecular formula is C13H19ClFNO. The summed E-state index contributed by atoms with van der Waals surface area (Å²) in [4.78, 5) is 0. The van der Waals surface area contributed by atoms with E-state index >= 15 is 0 Å². The summed E-state index contributed by atoms with van der Waals surface area (Å²) < 4.78 is 18.0. The van der Waals surface area contributed by atoms with Gasteiger partial charge in [0.15, 0.2) is 0 Å². The molecule has 0 spiro atoms. The summed E-state index contributed by atoms with van der Waals surface area (Å²) in [5.41, 5.74) is 0.898. The van der Waals surface area contributed by atoms with Crippen LogP contribution in [0.1, 0.15) is 19.4 Å². The third-order valence-corrected chi connectivity index (χ3v) is 3.07. The Kier molecular flexibility index (Phi) is 5.89. The van der Waals surface area contributed by atoms with Gasteiger partial charge in [-0.05, 0) is 23.6 Å². The second-order valence-corrected chi connectivity index (χ2v) is 4.83. The van der Waals surface area contributed by atoms with Crippen LogP contribution in [0.4, 0.5) is 4.39 Å². The van der Waals surface area contributed by atoms with Crippen LogP contribution in [0, 0.1) is 11.7 Å². The van der Waals surface area contributed by atoms with Gasteiger partial charge in [-0.3, -0.25) is 0 Å². The fourth-order valence-corrected chi connectivity index (χ4v) is 1.81. The highest BCUT2D eigenvalue weighted by Gasteiger charge is 2.13. The summed E-state index contributed by atoms with van der Waals surface area (Å²) in [6.45, 7) is 5.52. The fourth-order valence-electron chi connectivity index (χ4n) is 1.57. The van der Waals surface area contributed by atoms with Crippen molar-refractivity contribution >= 4 is 11.6 Å². The van der Waals surface area contributed by atoms with Crippen molar-refractivity contribution < 1.29 is 9.13 Å². The van der Waals surface area contributed by atoms with Gasteiger partial charge in [-0.15, -0.1) is 0 Å². The van der Waals surface area contributed by atoms with Gasteiger partial charge in [0.2, 0.25) is 0 Å². The average molecular weight is 260 g/mol. The monoisotopic (exact) mass is 259 g/mol. The molecular weight excluding hydrogens is 241 g/mol. The van der Waals surface area contributed by atoms with Gasteiger partial charge in [0.1, 0.15) is 5.82 Å². The number of halogens is 2. The molecule has 17 heavy (non-hydrogen) atoms. The molecule has 0 aliphatic carbocycles. The molecule has 1 aromatic carbocycles. The Bertz CT molecular complexity index is 357. The Hall–Kier alpha value is -0.640. The highest BCUT2D eigenvalue weighted by molar-refractivity contribution is 6.31. The van der Waals surface area contributed by atoms with E-state index in [4.69, 9.17) is 16.3 Å². The Morgan fingerprint density at radius 1 is 1.41 bits per heavy atom. The molecule has 96 valence electrons. The molecule has 0 bridgehead atoms. The summed E-state index contributed by atoms with van der Waals surface area (Å²) in [5.74, 6) is 0.158. The van der Waals surface area contributed by atoms with Crippen LogP contribution in [0.3, 0.4) is 0 Å². The number of hydrogen-bond acceptors (Lipinski definition) is 2. The molecule has 1 rings (SSSR count). The molecule has 1 atom stereocenters.